The number of hydrogen-bond donors (Lipinski definition) is 1. The fourth-order valence-corrected chi connectivity index (χ4v) is 2.97. The number of ether oxygens (including phenoxy) is 2. The lowest BCUT2D eigenvalue weighted by atomic mass is 9.97. The lowest BCUT2D eigenvalue weighted by Crippen LogP contribution is -2.20. The number of carbonyl (C=O) groups is 1. The van der Waals surface area contributed by atoms with Gasteiger partial charge in [0.05, 0.1) is 14.2 Å². The van der Waals surface area contributed by atoms with Crippen LogP contribution >= 0.6 is 11.6 Å². The minimum atomic E-state index is -0.179. The van der Waals surface area contributed by atoms with Crippen molar-refractivity contribution in [2.75, 3.05) is 14.2 Å². The van der Waals surface area contributed by atoms with Crippen molar-refractivity contribution in [3.8, 4) is 11.5 Å². The summed E-state index contributed by atoms with van der Waals surface area (Å²) in [6, 6.07) is 22.6. The van der Waals surface area contributed by atoms with E-state index in [0.29, 0.717) is 11.6 Å². The third-order valence-corrected chi connectivity index (χ3v) is 4.71. The smallest absolute Gasteiger partial charge is 0.244 e. The van der Waals surface area contributed by atoms with Gasteiger partial charge in [0.1, 0.15) is 11.5 Å². The first-order valence-corrected chi connectivity index (χ1v) is 9.49. The van der Waals surface area contributed by atoms with Crippen molar-refractivity contribution >= 4 is 23.1 Å². The molecule has 0 unspecified atom stereocenters. The van der Waals surface area contributed by atoms with Crippen molar-refractivity contribution in [3.63, 3.8) is 0 Å². The van der Waals surface area contributed by atoms with E-state index in [9.17, 15) is 4.79 Å². The molecule has 148 valence electrons. The van der Waals surface area contributed by atoms with Crippen molar-refractivity contribution in [1.29, 1.82) is 0 Å². The van der Waals surface area contributed by atoms with Crippen molar-refractivity contribution < 1.29 is 14.3 Å². The van der Waals surface area contributed by atoms with Gasteiger partial charge in [-0.05, 0) is 58.7 Å². The zero-order valence-corrected chi connectivity index (χ0v) is 17.1. The summed E-state index contributed by atoms with van der Waals surface area (Å²) >= 11 is 5.91. The standard InChI is InChI=1S/C24H22ClNO3/c1-28-21-11-5-18(6-12-21)23(19-7-13-22(29-2)14-8-19)15-24(27)26-16-17-3-9-20(25)10-4-17/h3-15H,16H2,1-2H3,(H,26,27). The molecule has 0 aliphatic heterocycles. The second-order valence-corrected chi connectivity index (χ2v) is 6.80. The van der Waals surface area contributed by atoms with Gasteiger partial charge in [-0.2, -0.15) is 0 Å². The monoisotopic (exact) mass is 407 g/mol. The molecule has 5 heteroatoms. The van der Waals surface area contributed by atoms with Gasteiger partial charge in [-0.1, -0.05) is 48.0 Å². The Bertz CT molecular complexity index is 929. The number of rotatable bonds is 7. The number of benzene rings is 3. The lowest BCUT2D eigenvalue weighted by molar-refractivity contribution is -0.116. The highest BCUT2D eigenvalue weighted by Crippen LogP contribution is 2.27. The van der Waals surface area contributed by atoms with E-state index in [1.165, 1.54) is 0 Å². The highest BCUT2D eigenvalue weighted by Gasteiger charge is 2.09. The van der Waals surface area contributed by atoms with E-state index in [-0.39, 0.29) is 5.91 Å². The third-order valence-electron chi connectivity index (χ3n) is 4.46. The summed E-state index contributed by atoms with van der Waals surface area (Å²) in [5.41, 5.74) is 3.62. The van der Waals surface area contributed by atoms with Gasteiger partial charge in [0.25, 0.3) is 0 Å². The second kappa shape index (κ2) is 9.80. The molecule has 0 heterocycles. The molecule has 29 heavy (non-hydrogen) atoms. The molecule has 3 rings (SSSR count). The maximum absolute atomic E-state index is 12.6. The number of nitrogens with one attached hydrogen (secondary N) is 1. The van der Waals surface area contributed by atoms with Crippen LogP contribution in [0.1, 0.15) is 16.7 Å². The van der Waals surface area contributed by atoms with Crippen LogP contribution in [0.4, 0.5) is 0 Å². The third kappa shape index (κ3) is 5.62. The second-order valence-electron chi connectivity index (χ2n) is 6.36. The molecule has 3 aromatic rings. The van der Waals surface area contributed by atoms with Gasteiger partial charge >= 0.3 is 0 Å². The van der Waals surface area contributed by atoms with E-state index in [0.717, 1.165) is 33.8 Å². The molecule has 0 aliphatic rings. The van der Waals surface area contributed by atoms with Crippen LogP contribution in [0, 0.1) is 0 Å². The van der Waals surface area contributed by atoms with Crippen molar-refractivity contribution in [2.24, 2.45) is 0 Å². The molecule has 0 atom stereocenters. The first kappa shape index (κ1) is 20.5. The average molecular weight is 408 g/mol. The Balaban J connectivity index is 1.85. The largest absolute Gasteiger partial charge is 0.497 e. The lowest BCUT2D eigenvalue weighted by Gasteiger charge is -2.11. The van der Waals surface area contributed by atoms with Crippen LogP contribution < -0.4 is 14.8 Å². The Morgan fingerprint density at radius 2 is 1.31 bits per heavy atom. The normalized spacial score (nSPS) is 10.2. The molecular weight excluding hydrogens is 386 g/mol. The van der Waals surface area contributed by atoms with Crippen LogP contribution in [0.3, 0.4) is 0 Å². The first-order valence-electron chi connectivity index (χ1n) is 9.12. The zero-order valence-electron chi connectivity index (χ0n) is 16.3. The van der Waals surface area contributed by atoms with Gasteiger partial charge in [0.15, 0.2) is 0 Å². The van der Waals surface area contributed by atoms with Crippen molar-refractivity contribution in [3.05, 3.63) is 101 Å². The van der Waals surface area contributed by atoms with Gasteiger partial charge in [0.2, 0.25) is 5.91 Å². The van der Waals surface area contributed by atoms with Gasteiger partial charge in [-0.15, -0.1) is 0 Å². The minimum Gasteiger partial charge on any atom is -0.497 e. The number of amides is 1. The highest BCUT2D eigenvalue weighted by molar-refractivity contribution is 6.30. The highest BCUT2D eigenvalue weighted by atomic mass is 35.5. The number of methoxy groups -OCH3 is 2. The number of halogens is 1. The van der Waals surface area contributed by atoms with Crippen LogP contribution in [-0.2, 0) is 11.3 Å². The van der Waals surface area contributed by atoms with E-state index in [1.54, 1.807) is 32.4 Å². The van der Waals surface area contributed by atoms with Crippen LogP contribution in [0.5, 0.6) is 11.5 Å². The fraction of sp³-hybridized carbons (Fsp3) is 0.125. The molecule has 0 bridgehead atoms. The fourth-order valence-electron chi connectivity index (χ4n) is 2.85. The van der Waals surface area contributed by atoms with E-state index < -0.39 is 0 Å². The van der Waals surface area contributed by atoms with Gasteiger partial charge in [-0.3, -0.25) is 4.79 Å². The molecule has 0 radical (unpaired) electrons. The summed E-state index contributed by atoms with van der Waals surface area (Å²) < 4.78 is 10.5. The first-order chi connectivity index (χ1) is 14.1. The molecule has 3 aromatic carbocycles. The zero-order chi connectivity index (χ0) is 20.6. The molecule has 0 aromatic heterocycles. The maximum atomic E-state index is 12.6. The summed E-state index contributed by atoms with van der Waals surface area (Å²) in [5, 5.41) is 3.59. The summed E-state index contributed by atoms with van der Waals surface area (Å²) in [7, 11) is 3.25. The van der Waals surface area contributed by atoms with Crippen LogP contribution in [0.25, 0.3) is 5.57 Å². The average Bonchev–Trinajstić information content (AvgIpc) is 2.77. The summed E-state index contributed by atoms with van der Waals surface area (Å²) in [4.78, 5) is 12.6. The summed E-state index contributed by atoms with van der Waals surface area (Å²) in [6.45, 7) is 0.422. The molecular formula is C24H22ClNO3. The number of carbonyl (C=O) groups excluding carboxylic acids is 1. The molecule has 1 amide bonds. The Kier molecular flexibility index (Phi) is 6.93. The molecule has 1 N–H and O–H groups in total. The van der Waals surface area contributed by atoms with Crippen LogP contribution in [0.2, 0.25) is 5.02 Å². The molecule has 0 saturated heterocycles. The van der Waals surface area contributed by atoms with Crippen molar-refractivity contribution in [1.82, 2.24) is 5.32 Å². The Morgan fingerprint density at radius 3 is 1.76 bits per heavy atom. The van der Waals surface area contributed by atoms with Gasteiger partial charge < -0.3 is 14.8 Å². The Labute approximate surface area is 175 Å². The predicted octanol–water partition coefficient (Wildman–Crippen LogP) is 5.11. The number of hydrogen-bond acceptors (Lipinski definition) is 3. The molecule has 4 nitrogen and oxygen atoms in total. The van der Waals surface area contributed by atoms with Crippen molar-refractivity contribution in [2.45, 2.75) is 6.54 Å². The van der Waals surface area contributed by atoms with Gasteiger partial charge in [-0.25, -0.2) is 0 Å². The van der Waals surface area contributed by atoms with Crippen LogP contribution in [0.15, 0.2) is 78.9 Å². The van der Waals surface area contributed by atoms with E-state index in [1.807, 2.05) is 60.7 Å². The predicted molar refractivity (Wildman–Crippen MR) is 116 cm³/mol. The minimum absolute atomic E-state index is 0.179. The molecule has 0 aliphatic carbocycles. The maximum Gasteiger partial charge on any atom is 0.244 e. The Morgan fingerprint density at radius 1 is 0.828 bits per heavy atom. The van der Waals surface area contributed by atoms with E-state index in [4.69, 9.17) is 21.1 Å². The topological polar surface area (TPSA) is 47.6 Å². The summed E-state index contributed by atoms with van der Waals surface area (Å²) in [6.07, 6.45) is 1.61. The van der Waals surface area contributed by atoms with E-state index in [2.05, 4.69) is 5.32 Å². The SMILES string of the molecule is COc1ccc(C(=CC(=O)NCc2ccc(Cl)cc2)c2ccc(OC)cc2)cc1. The summed E-state index contributed by atoms with van der Waals surface area (Å²) in [5.74, 6) is 1.34. The molecule has 0 fully saturated rings. The quantitative estimate of drug-likeness (QED) is 0.554. The molecule has 0 saturated carbocycles. The Hall–Kier alpha value is -3.24. The van der Waals surface area contributed by atoms with Crippen LogP contribution in [-0.4, -0.2) is 20.1 Å². The van der Waals surface area contributed by atoms with E-state index >= 15 is 0 Å². The molecule has 0 spiro atoms. The van der Waals surface area contributed by atoms with Gasteiger partial charge in [0, 0.05) is 17.6 Å².